The number of aliphatic hydroxyl groups is 1. The number of H-pyrrole nitrogens is 1. The minimum Gasteiger partial charge on any atom is -0.394 e. The van der Waals surface area contributed by atoms with Crippen LogP contribution in [-0.4, -0.2) is 150 Å². The Balaban J connectivity index is 0. The van der Waals surface area contributed by atoms with Gasteiger partial charge in [-0.1, -0.05) is 96.9 Å². The van der Waals surface area contributed by atoms with E-state index in [0.29, 0.717) is 62.5 Å². The molecular weight excluding hydrogens is 1060 g/mol. The Hall–Kier alpha value is -5.69. The van der Waals surface area contributed by atoms with Crippen molar-refractivity contribution < 1.29 is 65.6 Å². The molecule has 0 aliphatic rings. The zero-order valence-corrected chi connectivity index (χ0v) is 50.4. The molecule has 0 saturated carbocycles. The van der Waals surface area contributed by atoms with E-state index in [-0.39, 0.29) is 85.7 Å². The predicted octanol–water partition coefficient (Wildman–Crippen LogP) is 5.67. The number of aliphatic hydroxyl groups excluding tert-OH is 1. The number of hydrogen-bond donors (Lipinski definition) is 8. The first-order chi connectivity index (χ1) is 38.2. The van der Waals surface area contributed by atoms with E-state index in [1.807, 2.05) is 43.3 Å². The number of carbonyl (C=O) groups excluding carboxylic acids is 7. The molecule has 81 heavy (non-hydrogen) atoms. The van der Waals surface area contributed by atoms with Gasteiger partial charge in [0.1, 0.15) is 25.0 Å². The lowest BCUT2D eigenvalue weighted by atomic mass is 9.71. The van der Waals surface area contributed by atoms with Gasteiger partial charge in [-0.05, 0) is 51.7 Å². The maximum Gasteiger partial charge on any atom is 0.245 e. The van der Waals surface area contributed by atoms with Gasteiger partial charge in [0.15, 0.2) is 5.78 Å². The van der Waals surface area contributed by atoms with Crippen molar-refractivity contribution in [2.75, 3.05) is 79.0 Å². The monoisotopic (exact) mass is 1160 g/mol. The Kier molecular flexibility index (Phi) is 32.4. The van der Waals surface area contributed by atoms with Crippen molar-refractivity contribution in [3.63, 3.8) is 0 Å². The predicted molar refractivity (Wildman–Crippen MR) is 319 cm³/mol. The summed E-state index contributed by atoms with van der Waals surface area (Å²) in [5, 5.41) is 18.4. The number of amides is 4. The Labute approximate surface area is 484 Å². The number of ketones is 3. The van der Waals surface area contributed by atoms with Crippen molar-refractivity contribution in [2.45, 2.75) is 161 Å². The molecule has 1 aromatic heterocycles. The number of anilines is 1. The number of aromatic nitrogens is 2. The number of fused-ring (bicyclic) bond motifs is 1. The second-order valence-corrected chi connectivity index (χ2v) is 24.2. The maximum atomic E-state index is 13.4. The van der Waals surface area contributed by atoms with Crippen LogP contribution in [-0.2, 0) is 64.2 Å². The molecule has 3 rings (SSSR count). The smallest absolute Gasteiger partial charge is 0.245 e. The largest absolute Gasteiger partial charge is 0.394 e. The highest BCUT2D eigenvalue weighted by Gasteiger charge is 2.41. The minimum atomic E-state index is -3.58. The number of nitrogens with one attached hydrogen (secondary N) is 5. The summed E-state index contributed by atoms with van der Waals surface area (Å²) in [7, 11) is 1.75. The quantitative estimate of drug-likeness (QED) is 0.0250. The summed E-state index contributed by atoms with van der Waals surface area (Å²) in [6, 6.07) is 10.3. The molecule has 0 aliphatic heterocycles. The molecule has 23 heteroatoms. The fourth-order valence-electron chi connectivity index (χ4n) is 8.66. The molecule has 1 heterocycles. The van der Waals surface area contributed by atoms with Gasteiger partial charge in [-0.2, -0.15) is 0 Å². The third-order valence-corrected chi connectivity index (χ3v) is 15.3. The standard InChI is InChI=1S/C30H50N6O7.C28H45N3O6S.3H2/c1-28(2,22(37)12-19(26(32)41)10-8-9-11-34-25(40)17-43-7)14-23(38)29(3,4)15-24(39)30(5,6)36-27(42)21(31)13-20-16-33-18-35-20;1-31(2)26-15-11-14-25-24(26)13-12-16-27(25)38(34,35)30-18-10-8-6-4-3-5-7-9-17-28(33)29-19-21-36-23-37-22-20-32;;;/h16,18-19,21H,8-15,17,31H2,1-7H3,(H2,32,41)(H,33,35)(H,34,40)(H,36,42);11-16,30,32H,3-10,17-23H2,1-2H3,(H,29,33);3*1H/t19-,21+;;;;/m1..../s1. The molecule has 2 atom stereocenters. The van der Waals surface area contributed by atoms with Crippen LogP contribution in [0.2, 0.25) is 0 Å². The number of benzene rings is 2. The first-order valence-electron chi connectivity index (χ1n) is 28.1. The molecule has 4 amide bonds. The number of unbranched alkanes of at least 4 members (excludes halogenated alkanes) is 8. The van der Waals surface area contributed by atoms with Gasteiger partial charge in [0, 0.05) is 122 Å². The molecule has 0 aliphatic carbocycles. The van der Waals surface area contributed by atoms with E-state index in [2.05, 4.69) is 30.6 Å². The van der Waals surface area contributed by atoms with Gasteiger partial charge in [0.2, 0.25) is 33.7 Å². The molecule has 0 unspecified atom stereocenters. The second-order valence-electron chi connectivity index (χ2n) is 22.5. The summed E-state index contributed by atoms with van der Waals surface area (Å²) in [4.78, 5) is 96.8. The van der Waals surface area contributed by atoms with E-state index >= 15 is 0 Å². The van der Waals surface area contributed by atoms with Crippen LogP contribution < -0.4 is 37.0 Å². The summed E-state index contributed by atoms with van der Waals surface area (Å²) >= 11 is 0. The number of aromatic amines is 1. The van der Waals surface area contributed by atoms with Gasteiger partial charge in [0.05, 0.1) is 42.6 Å². The lowest BCUT2D eigenvalue weighted by Crippen LogP contribution is -2.56. The Morgan fingerprint density at radius 2 is 1.35 bits per heavy atom. The van der Waals surface area contributed by atoms with Crippen LogP contribution in [0.4, 0.5) is 5.69 Å². The first kappa shape index (κ1) is 71.4. The SMILES string of the molecule is CN(C)c1cccc2c(S(=O)(=O)NCCCCCCCCCCC(=O)NCCOCOCCO)cccc12.COCC(=O)NCCCC[C@H](CC(=O)C(C)(C)CC(=O)C(C)(C)CC(=O)C(C)(C)NC(=O)[C@@H](N)Cc1cnc[nH]1)C(N)=O.[HH].[HH].[HH]. The van der Waals surface area contributed by atoms with Crippen LogP contribution in [0.1, 0.15) is 148 Å². The van der Waals surface area contributed by atoms with Crippen LogP contribution in [0.15, 0.2) is 53.8 Å². The number of primary amides is 1. The molecule has 22 nitrogen and oxygen atoms in total. The van der Waals surface area contributed by atoms with Crippen LogP contribution in [0.3, 0.4) is 0 Å². The third kappa shape index (κ3) is 27.3. The fourth-order valence-corrected chi connectivity index (χ4v) is 9.96. The van der Waals surface area contributed by atoms with E-state index in [1.165, 1.54) is 13.4 Å². The van der Waals surface area contributed by atoms with Crippen molar-refractivity contribution in [3.8, 4) is 0 Å². The molecule has 0 fully saturated rings. The van der Waals surface area contributed by atoms with Crippen molar-refractivity contribution in [3.05, 3.63) is 54.6 Å². The lowest BCUT2D eigenvalue weighted by Gasteiger charge is -2.33. The van der Waals surface area contributed by atoms with E-state index < -0.39 is 50.2 Å². The maximum absolute atomic E-state index is 13.4. The van der Waals surface area contributed by atoms with Gasteiger partial charge >= 0.3 is 0 Å². The highest BCUT2D eigenvalue weighted by Crippen LogP contribution is 2.35. The van der Waals surface area contributed by atoms with Gasteiger partial charge in [0.25, 0.3) is 0 Å². The number of rotatable bonds is 42. The molecule has 3 aromatic rings. The number of ether oxygens (including phenoxy) is 3. The summed E-state index contributed by atoms with van der Waals surface area (Å²) in [6.45, 7) is 11.6. The molecule has 2 aromatic carbocycles. The topological polar surface area (TPSA) is 334 Å². The highest BCUT2D eigenvalue weighted by molar-refractivity contribution is 7.89. The van der Waals surface area contributed by atoms with Crippen LogP contribution in [0.5, 0.6) is 0 Å². The molecule has 0 bridgehead atoms. The summed E-state index contributed by atoms with van der Waals surface area (Å²) < 4.78 is 43.6. The zero-order chi connectivity index (χ0) is 60.7. The minimum absolute atomic E-state index is 0. The average molecular weight is 1160 g/mol. The van der Waals surface area contributed by atoms with Crippen molar-refractivity contribution >= 4 is 67.5 Å². The van der Waals surface area contributed by atoms with Crippen LogP contribution in [0.25, 0.3) is 10.8 Å². The van der Waals surface area contributed by atoms with Crippen molar-refractivity contribution in [2.24, 2.45) is 28.2 Å². The normalized spacial score (nSPS) is 12.7. The number of nitrogens with zero attached hydrogens (tertiary/aromatic N) is 2. The number of Topliss-reactive ketones (excluding diaryl/α,β-unsaturated/α-hetero) is 3. The fraction of sp³-hybridized carbons (Fsp3) is 0.655. The van der Waals surface area contributed by atoms with E-state index in [0.717, 1.165) is 67.8 Å². The second kappa shape index (κ2) is 36.7. The molecule has 10 N–H and O–H groups in total. The zero-order valence-electron chi connectivity index (χ0n) is 49.5. The lowest BCUT2D eigenvalue weighted by molar-refractivity contribution is -0.140. The number of methoxy groups -OCH3 is 1. The van der Waals surface area contributed by atoms with Crippen molar-refractivity contribution in [1.82, 2.24) is 30.6 Å². The number of carbonyl (C=O) groups is 7. The van der Waals surface area contributed by atoms with Crippen molar-refractivity contribution in [1.29, 1.82) is 0 Å². The van der Waals surface area contributed by atoms with Gasteiger partial charge in [-0.15, -0.1) is 0 Å². The molecule has 0 saturated heterocycles. The molecule has 0 spiro atoms. The Morgan fingerprint density at radius 3 is 1.98 bits per heavy atom. The first-order valence-corrected chi connectivity index (χ1v) is 29.6. The Morgan fingerprint density at radius 1 is 0.753 bits per heavy atom. The molecular formula is C58H101N9O13S. The Bertz CT molecular complexity index is 2560. The van der Waals surface area contributed by atoms with E-state index in [1.54, 1.807) is 59.9 Å². The number of imidazole rings is 1. The van der Waals surface area contributed by atoms with E-state index in [4.69, 9.17) is 30.8 Å². The summed E-state index contributed by atoms with van der Waals surface area (Å²) in [5.41, 5.74) is 9.73. The molecule has 0 radical (unpaired) electrons. The van der Waals surface area contributed by atoms with Gasteiger partial charge in [-0.3, -0.25) is 33.6 Å². The number of sulfonamides is 1. The van der Waals surface area contributed by atoms with Crippen LogP contribution in [0, 0.1) is 16.7 Å². The average Bonchev–Trinajstić information content (AvgIpc) is 3.91. The summed E-state index contributed by atoms with van der Waals surface area (Å²) in [6.07, 6.45) is 13.0. The summed E-state index contributed by atoms with van der Waals surface area (Å²) in [5.74, 6) is -2.94. The number of hydrogen-bond acceptors (Lipinski definition) is 16. The number of nitrogens with two attached hydrogens (primary N) is 2. The van der Waals surface area contributed by atoms with E-state index in [9.17, 15) is 42.0 Å². The third-order valence-electron chi connectivity index (χ3n) is 13.8. The molecule has 462 valence electrons. The van der Waals surface area contributed by atoms with Crippen LogP contribution >= 0.6 is 0 Å². The van der Waals surface area contributed by atoms with Gasteiger partial charge in [-0.25, -0.2) is 18.1 Å². The van der Waals surface area contributed by atoms with Gasteiger partial charge < -0.3 is 56.6 Å². The highest BCUT2D eigenvalue weighted by atomic mass is 32.2.